The normalized spacial score (nSPS) is 11.4. The molecular weight excluding hydrogens is 317 g/mol. The number of carbonyl (C=O) groups is 1. The third-order valence-corrected chi connectivity index (χ3v) is 3.41. The van der Waals surface area contributed by atoms with Gasteiger partial charge in [0.05, 0.1) is 29.2 Å². The minimum absolute atomic E-state index is 0.00773. The van der Waals surface area contributed by atoms with Crippen molar-refractivity contribution in [3.05, 3.63) is 51.8 Å². The molecule has 7 nitrogen and oxygen atoms in total. The van der Waals surface area contributed by atoms with Gasteiger partial charge in [0.2, 0.25) is 0 Å². The molecule has 128 valence electrons. The smallest absolute Gasteiger partial charge is 0.348 e. The van der Waals surface area contributed by atoms with Crippen LogP contribution >= 0.6 is 0 Å². The largest absolute Gasteiger partial charge is 0.462 e. The molecule has 2 rings (SSSR count). The zero-order valence-corrected chi connectivity index (χ0v) is 13.9. The van der Waals surface area contributed by atoms with E-state index in [1.165, 1.54) is 23.9 Å². The van der Waals surface area contributed by atoms with Crippen LogP contribution in [0.15, 0.2) is 24.7 Å². The summed E-state index contributed by atoms with van der Waals surface area (Å²) in [6.07, 6.45) is 3.03. The van der Waals surface area contributed by atoms with Crippen molar-refractivity contribution in [1.29, 1.82) is 0 Å². The molecule has 8 heteroatoms. The van der Waals surface area contributed by atoms with E-state index in [0.717, 1.165) is 11.8 Å². The first kappa shape index (κ1) is 17.6. The van der Waals surface area contributed by atoms with Gasteiger partial charge in [-0.2, -0.15) is 0 Å². The predicted molar refractivity (Wildman–Crippen MR) is 84.8 cm³/mol. The number of rotatable bonds is 4. The van der Waals surface area contributed by atoms with Gasteiger partial charge in [0.25, 0.3) is 5.69 Å². The maximum atomic E-state index is 14.8. The van der Waals surface area contributed by atoms with Gasteiger partial charge in [0.1, 0.15) is 0 Å². The maximum Gasteiger partial charge on any atom is 0.348 e. The summed E-state index contributed by atoms with van der Waals surface area (Å²) in [5.41, 5.74) is -0.854. The highest BCUT2D eigenvalue weighted by atomic mass is 19.1. The lowest BCUT2D eigenvalue weighted by molar-refractivity contribution is -0.385. The zero-order valence-electron chi connectivity index (χ0n) is 13.9. The number of halogens is 1. The van der Waals surface area contributed by atoms with E-state index in [2.05, 4.69) is 4.98 Å². The molecule has 0 aliphatic carbocycles. The molecule has 0 fully saturated rings. The van der Waals surface area contributed by atoms with Crippen LogP contribution in [0.4, 0.5) is 10.1 Å². The van der Waals surface area contributed by atoms with E-state index in [9.17, 15) is 19.3 Å². The number of aromatic nitrogens is 2. The molecule has 0 N–H and O–H groups in total. The Labute approximate surface area is 138 Å². The first-order chi connectivity index (χ1) is 11.2. The Balaban J connectivity index is 2.61. The Morgan fingerprint density at radius 2 is 2.08 bits per heavy atom. The second-order valence-corrected chi connectivity index (χ2v) is 6.19. The van der Waals surface area contributed by atoms with Gasteiger partial charge in [-0.1, -0.05) is 20.8 Å². The van der Waals surface area contributed by atoms with Gasteiger partial charge in [-0.3, -0.25) is 10.1 Å². The summed E-state index contributed by atoms with van der Waals surface area (Å²) >= 11 is 0. The van der Waals surface area contributed by atoms with Gasteiger partial charge in [0, 0.05) is 17.7 Å². The highest BCUT2D eigenvalue weighted by molar-refractivity contribution is 5.95. The van der Waals surface area contributed by atoms with Crippen LogP contribution in [0.1, 0.15) is 43.7 Å². The quantitative estimate of drug-likeness (QED) is 0.485. The molecule has 2 aromatic rings. The van der Waals surface area contributed by atoms with E-state index in [1.807, 2.05) is 20.8 Å². The van der Waals surface area contributed by atoms with Crippen molar-refractivity contribution in [2.24, 2.45) is 0 Å². The summed E-state index contributed by atoms with van der Waals surface area (Å²) in [6.45, 7) is 7.39. The standard InChI is InChI=1S/C16H18FN3O4/c1-5-24-15(21)13-10(20(22)23)6-7-11(14(13)17)19-8-12(18-9-19)16(2,3)4/h6-9H,5H2,1-4H3. The fourth-order valence-electron chi connectivity index (χ4n) is 2.15. The van der Waals surface area contributed by atoms with E-state index >= 15 is 0 Å². The minimum Gasteiger partial charge on any atom is -0.462 e. The Morgan fingerprint density at radius 1 is 1.42 bits per heavy atom. The summed E-state index contributed by atoms with van der Waals surface area (Å²) in [4.78, 5) is 26.4. The zero-order chi connectivity index (χ0) is 18.1. The molecule has 0 amide bonds. The van der Waals surface area contributed by atoms with Crippen molar-refractivity contribution in [3.8, 4) is 5.69 Å². The molecule has 1 aromatic carbocycles. The Bertz CT molecular complexity index is 793. The first-order valence-electron chi connectivity index (χ1n) is 7.35. The van der Waals surface area contributed by atoms with Gasteiger partial charge in [-0.15, -0.1) is 0 Å². The molecular formula is C16H18FN3O4. The molecule has 0 spiro atoms. The van der Waals surface area contributed by atoms with Crippen molar-refractivity contribution < 1.29 is 18.8 Å². The SMILES string of the molecule is CCOC(=O)c1c([N+](=O)[O-])ccc(-n2cnc(C(C)(C)C)c2)c1F. The summed E-state index contributed by atoms with van der Waals surface area (Å²) in [5.74, 6) is -2.08. The number of esters is 1. The van der Waals surface area contributed by atoms with Crippen LogP contribution in [-0.2, 0) is 10.2 Å². The van der Waals surface area contributed by atoms with Crippen molar-refractivity contribution in [2.45, 2.75) is 33.1 Å². The molecule has 0 saturated heterocycles. The Kier molecular flexibility index (Phi) is 4.68. The molecule has 1 aromatic heterocycles. The van der Waals surface area contributed by atoms with Crippen molar-refractivity contribution in [3.63, 3.8) is 0 Å². The van der Waals surface area contributed by atoms with E-state index in [0.29, 0.717) is 0 Å². The van der Waals surface area contributed by atoms with Gasteiger partial charge in [0.15, 0.2) is 11.4 Å². The van der Waals surface area contributed by atoms with Gasteiger partial charge >= 0.3 is 5.97 Å². The van der Waals surface area contributed by atoms with Gasteiger partial charge in [-0.05, 0) is 13.0 Å². The topological polar surface area (TPSA) is 87.3 Å². The summed E-state index contributed by atoms with van der Waals surface area (Å²) in [6, 6.07) is 2.33. The molecule has 0 radical (unpaired) electrons. The predicted octanol–water partition coefficient (Wildman–Crippen LogP) is 3.39. The number of nitro benzene ring substituents is 1. The molecule has 0 saturated carbocycles. The fourth-order valence-corrected chi connectivity index (χ4v) is 2.15. The highest BCUT2D eigenvalue weighted by Crippen LogP contribution is 2.29. The first-order valence-corrected chi connectivity index (χ1v) is 7.35. The summed E-state index contributed by atoms with van der Waals surface area (Å²) in [5, 5.41) is 11.1. The number of ether oxygens (including phenoxy) is 1. The minimum atomic E-state index is -1.07. The van der Waals surface area contributed by atoms with Crippen LogP contribution in [0.2, 0.25) is 0 Å². The van der Waals surface area contributed by atoms with Gasteiger partial charge < -0.3 is 9.30 Å². The molecule has 1 heterocycles. The Hall–Kier alpha value is -2.77. The van der Waals surface area contributed by atoms with Crippen LogP contribution in [0, 0.1) is 15.9 Å². The third-order valence-electron chi connectivity index (χ3n) is 3.41. The van der Waals surface area contributed by atoms with Crippen LogP contribution in [0.3, 0.4) is 0 Å². The van der Waals surface area contributed by atoms with Crippen LogP contribution in [0.5, 0.6) is 0 Å². The van der Waals surface area contributed by atoms with Gasteiger partial charge in [-0.25, -0.2) is 14.2 Å². The number of carbonyl (C=O) groups excluding carboxylic acids is 1. The second kappa shape index (κ2) is 6.38. The molecule has 0 atom stereocenters. The summed E-state index contributed by atoms with van der Waals surface area (Å²) < 4.78 is 20.9. The highest BCUT2D eigenvalue weighted by Gasteiger charge is 2.29. The lowest BCUT2D eigenvalue weighted by atomic mass is 9.93. The molecule has 0 aliphatic rings. The lowest BCUT2D eigenvalue weighted by Gasteiger charge is -2.14. The average Bonchev–Trinajstić information content (AvgIpc) is 2.96. The Morgan fingerprint density at radius 3 is 2.58 bits per heavy atom. The van der Waals surface area contributed by atoms with E-state index < -0.39 is 28.0 Å². The number of imidazole rings is 1. The second-order valence-electron chi connectivity index (χ2n) is 6.19. The van der Waals surface area contributed by atoms with E-state index in [-0.39, 0.29) is 17.7 Å². The average molecular weight is 335 g/mol. The molecule has 0 aliphatic heterocycles. The van der Waals surface area contributed by atoms with Crippen molar-refractivity contribution >= 4 is 11.7 Å². The molecule has 0 unspecified atom stereocenters. The van der Waals surface area contributed by atoms with Crippen molar-refractivity contribution in [2.75, 3.05) is 6.61 Å². The number of nitrogens with zero attached hydrogens (tertiary/aromatic N) is 3. The number of nitro groups is 1. The lowest BCUT2D eigenvalue weighted by Crippen LogP contribution is -2.13. The fraction of sp³-hybridized carbons (Fsp3) is 0.375. The number of hydrogen-bond acceptors (Lipinski definition) is 5. The van der Waals surface area contributed by atoms with Crippen LogP contribution < -0.4 is 0 Å². The van der Waals surface area contributed by atoms with Crippen LogP contribution in [-0.4, -0.2) is 27.1 Å². The van der Waals surface area contributed by atoms with E-state index in [4.69, 9.17) is 4.74 Å². The number of benzene rings is 1. The molecule has 24 heavy (non-hydrogen) atoms. The summed E-state index contributed by atoms with van der Waals surface area (Å²) in [7, 11) is 0. The maximum absolute atomic E-state index is 14.8. The molecule has 0 bridgehead atoms. The third kappa shape index (κ3) is 3.27. The number of hydrogen-bond donors (Lipinski definition) is 0. The van der Waals surface area contributed by atoms with Crippen molar-refractivity contribution in [1.82, 2.24) is 9.55 Å². The van der Waals surface area contributed by atoms with E-state index in [1.54, 1.807) is 6.20 Å². The monoisotopic (exact) mass is 335 g/mol. The van der Waals surface area contributed by atoms with Crippen LogP contribution in [0.25, 0.3) is 5.69 Å².